The molecule has 2 aliphatic carbocycles. The topological polar surface area (TPSA) is 173 Å². The summed E-state index contributed by atoms with van der Waals surface area (Å²) in [5.74, 6) is -2.37. The number of methoxy groups -OCH3 is 1. The number of alkyl carbamates (subject to hydrolysis) is 1. The molecule has 1 aromatic heterocycles. The first-order valence-electron chi connectivity index (χ1n) is 14.0. The summed E-state index contributed by atoms with van der Waals surface area (Å²) in [6, 6.07) is 3.13. The molecule has 0 aromatic carbocycles. The van der Waals surface area contributed by atoms with E-state index in [9.17, 15) is 27.6 Å². The van der Waals surface area contributed by atoms with Crippen LogP contribution in [0.2, 0.25) is 0 Å². The lowest BCUT2D eigenvalue weighted by molar-refractivity contribution is -0.142. The molecule has 4 rings (SSSR count). The van der Waals surface area contributed by atoms with Crippen molar-refractivity contribution in [3.05, 3.63) is 35.5 Å². The second kappa shape index (κ2) is 12.4. The number of hydrogen-bond donors (Lipinski definition) is 3. The second-order valence-corrected chi connectivity index (χ2v) is 15.1. The van der Waals surface area contributed by atoms with Gasteiger partial charge >= 0.3 is 6.09 Å². The molecule has 2 heterocycles. The fraction of sp³-hybridized carbons (Fsp3) is 0.607. The van der Waals surface area contributed by atoms with Gasteiger partial charge in [0.05, 0.1) is 19.0 Å². The van der Waals surface area contributed by atoms with Gasteiger partial charge in [-0.05, 0) is 53.1 Å². The Morgan fingerprint density at radius 2 is 1.95 bits per heavy atom. The number of carbonyl (C=O) groups excluding carboxylic acids is 4. The molecule has 13 nitrogen and oxygen atoms in total. The van der Waals surface area contributed by atoms with Gasteiger partial charge in [0.1, 0.15) is 22.2 Å². The molecule has 3 fully saturated rings. The minimum Gasteiger partial charge on any atom is -0.477 e. The van der Waals surface area contributed by atoms with Crippen LogP contribution in [-0.4, -0.2) is 85.3 Å². The monoisotopic (exact) mass is 683 g/mol. The van der Waals surface area contributed by atoms with E-state index >= 15 is 0 Å². The van der Waals surface area contributed by atoms with Crippen LogP contribution in [0.4, 0.5) is 4.79 Å². The van der Waals surface area contributed by atoms with Crippen LogP contribution < -0.4 is 20.1 Å². The zero-order chi connectivity index (χ0) is 31.7. The number of rotatable bonds is 11. The predicted octanol–water partition coefficient (Wildman–Crippen LogP) is 1.88. The third kappa shape index (κ3) is 7.48. The largest absolute Gasteiger partial charge is 0.477 e. The molecule has 0 radical (unpaired) electrons. The number of nitrogens with one attached hydrogen (secondary N) is 3. The summed E-state index contributed by atoms with van der Waals surface area (Å²) in [4.78, 5) is 58.8. The van der Waals surface area contributed by atoms with Crippen LogP contribution in [0.3, 0.4) is 0 Å². The van der Waals surface area contributed by atoms with Crippen molar-refractivity contribution in [1.29, 1.82) is 0 Å². The van der Waals surface area contributed by atoms with E-state index in [0.717, 1.165) is 0 Å². The molecule has 2 saturated carbocycles. The minimum absolute atomic E-state index is 0.125. The smallest absolute Gasteiger partial charge is 0.407 e. The van der Waals surface area contributed by atoms with Gasteiger partial charge in [-0.25, -0.2) is 18.2 Å². The Labute approximate surface area is 259 Å². The Kier molecular flexibility index (Phi) is 9.45. The van der Waals surface area contributed by atoms with Gasteiger partial charge in [-0.15, -0.1) is 6.58 Å². The number of aromatic nitrogens is 1. The Bertz CT molecular complexity index is 1400. The van der Waals surface area contributed by atoms with Gasteiger partial charge in [0.25, 0.3) is 5.91 Å². The lowest BCUT2D eigenvalue weighted by atomic mass is 9.85. The van der Waals surface area contributed by atoms with Crippen LogP contribution in [0, 0.1) is 17.3 Å². The number of halogens is 1. The van der Waals surface area contributed by atoms with Crippen molar-refractivity contribution >= 4 is 49.8 Å². The van der Waals surface area contributed by atoms with Crippen LogP contribution >= 0.6 is 15.9 Å². The van der Waals surface area contributed by atoms with Crippen LogP contribution in [0.1, 0.15) is 46.5 Å². The van der Waals surface area contributed by atoms with E-state index in [1.165, 1.54) is 18.1 Å². The van der Waals surface area contributed by atoms with Crippen molar-refractivity contribution in [1.82, 2.24) is 25.2 Å². The highest BCUT2D eigenvalue weighted by atomic mass is 79.9. The molecule has 1 saturated heterocycles. The zero-order valence-electron chi connectivity index (χ0n) is 24.6. The molecule has 0 spiro atoms. The van der Waals surface area contributed by atoms with E-state index in [4.69, 9.17) is 9.47 Å². The Hall–Kier alpha value is -3.20. The summed E-state index contributed by atoms with van der Waals surface area (Å²) in [6.07, 6.45) is 2.01. The molecule has 1 aromatic rings. The van der Waals surface area contributed by atoms with E-state index in [2.05, 4.69) is 42.8 Å². The van der Waals surface area contributed by atoms with Crippen LogP contribution in [0.25, 0.3) is 0 Å². The number of pyridine rings is 1. The molecular formula is C28H38BrN5O8S. The SMILES string of the molecule is C=CC1C[C@]1(NC(=O)[C@@H]1C[C@@H](COc2cccc(Br)n2)CN1C(=O)[C@@H](NC(=O)OC)C(C)(C)C)C(=O)NS(=O)(=O)C1CC1. The standard InChI is InChI=1S/C28H38BrN5O8S/c1-6-17-13-28(17,25(37)33-43(39,40)18-10-11-18)32-23(35)19-12-16(15-42-21-9-7-8-20(29)30-21)14-34(19)24(36)22(27(2,3)4)31-26(38)41-5/h6-9,16-19,22H,1,10-15H2,2-5H3,(H,31,38)(H,32,35)(H,33,37)/t16-,17?,19+,22-,28-/m1/s1. The maximum Gasteiger partial charge on any atom is 0.407 e. The number of carbonyl (C=O) groups is 4. The normalized spacial score (nSPS) is 25.7. The lowest BCUT2D eigenvalue weighted by Crippen LogP contribution is -2.60. The molecule has 5 atom stereocenters. The highest BCUT2D eigenvalue weighted by Gasteiger charge is 2.62. The highest BCUT2D eigenvalue weighted by Crippen LogP contribution is 2.45. The van der Waals surface area contributed by atoms with Crippen molar-refractivity contribution in [2.75, 3.05) is 20.3 Å². The van der Waals surface area contributed by atoms with Crippen molar-refractivity contribution < 1.29 is 37.1 Å². The van der Waals surface area contributed by atoms with E-state index in [1.54, 1.807) is 39.0 Å². The maximum atomic E-state index is 14.0. The molecule has 3 N–H and O–H groups in total. The van der Waals surface area contributed by atoms with Gasteiger partial charge in [-0.3, -0.25) is 19.1 Å². The van der Waals surface area contributed by atoms with Crippen molar-refractivity contribution in [2.45, 2.75) is 69.3 Å². The third-order valence-electron chi connectivity index (χ3n) is 7.94. The second-order valence-electron chi connectivity index (χ2n) is 12.3. The Morgan fingerprint density at radius 1 is 1.26 bits per heavy atom. The summed E-state index contributed by atoms with van der Waals surface area (Å²) in [5.41, 5.74) is -2.25. The molecule has 4 amide bonds. The number of amides is 4. The average molecular weight is 685 g/mol. The average Bonchev–Trinajstić information content (AvgIpc) is 3.86. The van der Waals surface area contributed by atoms with Crippen LogP contribution in [0.5, 0.6) is 5.88 Å². The summed E-state index contributed by atoms with van der Waals surface area (Å²) in [6.45, 7) is 9.31. The van der Waals surface area contributed by atoms with E-state index in [1.807, 2.05) is 0 Å². The number of likely N-dealkylation sites (tertiary alicyclic amines) is 1. The molecule has 15 heteroatoms. The zero-order valence-corrected chi connectivity index (χ0v) is 27.0. The first-order chi connectivity index (χ1) is 20.1. The first kappa shape index (κ1) is 32.7. The molecule has 0 bridgehead atoms. The van der Waals surface area contributed by atoms with Crippen molar-refractivity contribution in [3.8, 4) is 5.88 Å². The summed E-state index contributed by atoms with van der Waals surface area (Å²) >= 11 is 3.30. The molecule has 1 aliphatic heterocycles. The number of nitrogens with zero attached hydrogens (tertiary/aromatic N) is 2. The van der Waals surface area contributed by atoms with Crippen LogP contribution in [0.15, 0.2) is 35.5 Å². The van der Waals surface area contributed by atoms with Crippen molar-refractivity contribution in [2.24, 2.45) is 17.3 Å². The van der Waals surface area contributed by atoms with Gasteiger partial charge in [0.15, 0.2) is 0 Å². The van der Waals surface area contributed by atoms with Gasteiger partial charge in [0.2, 0.25) is 27.7 Å². The van der Waals surface area contributed by atoms with E-state index in [0.29, 0.717) is 23.3 Å². The van der Waals surface area contributed by atoms with Gasteiger partial charge in [-0.2, -0.15) is 0 Å². The number of ether oxygens (including phenoxy) is 2. The molecular weight excluding hydrogens is 646 g/mol. The summed E-state index contributed by atoms with van der Waals surface area (Å²) < 4.78 is 38.3. The van der Waals surface area contributed by atoms with E-state index in [-0.39, 0.29) is 31.9 Å². The number of sulfonamides is 1. The number of hydrogen-bond acceptors (Lipinski definition) is 9. The minimum atomic E-state index is -3.85. The van der Waals surface area contributed by atoms with Crippen LogP contribution in [-0.2, 0) is 29.1 Å². The quantitative estimate of drug-likeness (QED) is 0.232. The summed E-state index contributed by atoms with van der Waals surface area (Å²) in [5, 5.41) is 4.72. The van der Waals surface area contributed by atoms with E-state index < -0.39 is 68.0 Å². The predicted molar refractivity (Wildman–Crippen MR) is 159 cm³/mol. The third-order valence-corrected chi connectivity index (χ3v) is 10.2. The Morgan fingerprint density at radius 3 is 2.51 bits per heavy atom. The maximum absolute atomic E-state index is 14.0. The molecule has 236 valence electrons. The molecule has 43 heavy (non-hydrogen) atoms. The van der Waals surface area contributed by atoms with Gasteiger partial charge in [-0.1, -0.05) is 32.9 Å². The highest BCUT2D eigenvalue weighted by molar-refractivity contribution is 9.10. The first-order valence-corrected chi connectivity index (χ1v) is 16.4. The fourth-order valence-electron chi connectivity index (χ4n) is 5.22. The van der Waals surface area contributed by atoms with Gasteiger partial charge in [0, 0.05) is 24.4 Å². The van der Waals surface area contributed by atoms with Crippen molar-refractivity contribution in [3.63, 3.8) is 0 Å². The fourth-order valence-corrected chi connectivity index (χ4v) is 6.91. The lowest BCUT2D eigenvalue weighted by Gasteiger charge is -2.35. The Balaban J connectivity index is 1.57. The molecule has 1 unspecified atom stereocenters. The molecule has 3 aliphatic rings. The summed E-state index contributed by atoms with van der Waals surface area (Å²) in [7, 11) is -2.67. The van der Waals surface area contributed by atoms with Gasteiger partial charge < -0.3 is 25.0 Å².